The molecule has 3 rings (SSSR count). The van der Waals surface area contributed by atoms with E-state index in [0.29, 0.717) is 45.3 Å². The molecule has 0 aliphatic carbocycles. The Kier molecular flexibility index (Phi) is 5.73. The van der Waals surface area contributed by atoms with Crippen molar-refractivity contribution in [2.75, 3.05) is 26.2 Å². The number of carbonyl (C=O) groups is 2. The summed E-state index contributed by atoms with van der Waals surface area (Å²) in [6.07, 6.45) is 3.84. The van der Waals surface area contributed by atoms with Crippen LogP contribution >= 0.6 is 0 Å². The number of hydrogen-bond acceptors (Lipinski definition) is 5. The monoisotopic (exact) mass is 349 g/mol. The van der Waals surface area contributed by atoms with Crippen LogP contribution in [-0.4, -0.2) is 64.2 Å². The number of nitrogens with zero attached hydrogens (tertiary/aromatic N) is 3. The molecule has 138 valence electrons. The molecule has 0 radical (unpaired) electrons. The first-order valence-corrected chi connectivity index (χ1v) is 9.18. The van der Waals surface area contributed by atoms with Gasteiger partial charge in [0.1, 0.15) is 5.76 Å². The molecule has 2 fully saturated rings. The number of hydrogen-bond donors (Lipinski definition) is 1. The first kappa shape index (κ1) is 17.9. The molecule has 2 aliphatic rings. The molecule has 2 saturated heterocycles. The predicted octanol–water partition coefficient (Wildman–Crippen LogP) is 1.14. The Hall–Kier alpha value is -1.89. The molecule has 1 N–H and O–H groups in total. The number of aliphatic hydroxyl groups excluding tert-OH is 1. The number of amides is 2. The van der Waals surface area contributed by atoms with Gasteiger partial charge in [-0.3, -0.25) is 9.59 Å². The van der Waals surface area contributed by atoms with Crippen molar-refractivity contribution < 1.29 is 19.2 Å². The number of aliphatic hydroxyl groups is 1. The van der Waals surface area contributed by atoms with Crippen LogP contribution in [0.2, 0.25) is 0 Å². The van der Waals surface area contributed by atoms with Crippen molar-refractivity contribution in [3.8, 4) is 0 Å². The fourth-order valence-electron chi connectivity index (χ4n) is 3.71. The lowest BCUT2D eigenvalue weighted by Crippen LogP contribution is -2.37. The van der Waals surface area contributed by atoms with Crippen molar-refractivity contribution in [2.45, 2.75) is 51.6 Å². The molecule has 7 nitrogen and oxygen atoms in total. The molecule has 0 bridgehead atoms. The SMILES string of the molecule is Cc1cc(C[C@@H]2CN(C(=O)CCCN3CCCCC3=O)C[C@H]2O)on1. The molecule has 0 spiro atoms. The molecule has 2 amide bonds. The van der Waals surface area contributed by atoms with Crippen LogP contribution in [0.15, 0.2) is 10.6 Å². The number of β-amino-alcohol motifs (C(OH)–C–C–N with tert-alkyl or cyclic N) is 1. The Balaban J connectivity index is 1.42. The number of rotatable bonds is 6. The van der Waals surface area contributed by atoms with Gasteiger partial charge < -0.3 is 19.4 Å². The number of likely N-dealkylation sites (tertiary alicyclic amines) is 2. The number of aryl methyl sites for hydroxylation is 1. The summed E-state index contributed by atoms with van der Waals surface area (Å²) in [6, 6.07) is 1.87. The standard InChI is InChI=1S/C18H27N3O4/c1-13-9-15(25-19-13)10-14-11-21(12-16(14)22)18(24)6-4-8-20-7-3-2-5-17(20)23/h9,14,16,22H,2-8,10-12H2,1H3/t14-,16-/m1/s1. The number of piperidine rings is 1. The summed E-state index contributed by atoms with van der Waals surface area (Å²) in [5, 5.41) is 14.1. The molecule has 7 heteroatoms. The van der Waals surface area contributed by atoms with E-state index in [-0.39, 0.29) is 17.7 Å². The highest BCUT2D eigenvalue weighted by atomic mass is 16.5. The van der Waals surface area contributed by atoms with Gasteiger partial charge in [0.25, 0.3) is 0 Å². The molecular formula is C18H27N3O4. The fraction of sp³-hybridized carbons (Fsp3) is 0.722. The lowest BCUT2D eigenvalue weighted by Gasteiger charge is -2.26. The van der Waals surface area contributed by atoms with Crippen LogP contribution in [-0.2, 0) is 16.0 Å². The zero-order valence-electron chi connectivity index (χ0n) is 14.8. The number of aromatic nitrogens is 1. The topological polar surface area (TPSA) is 86.9 Å². The van der Waals surface area contributed by atoms with E-state index >= 15 is 0 Å². The second-order valence-electron chi connectivity index (χ2n) is 7.21. The minimum Gasteiger partial charge on any atom is -0.391 e. The molecular weight excluding hydrogens is 322 g/mol. The van der Waals surface area contributed by atoms with Crippen LogP contribution in [0.4, 0.5) is 0 Å². The van der Waals surface area contributed by atoms with E-state index in [9.17, 15) is 14.7 Å². The fourth-order valence-corrected chi connectivity index (χ4v) is 3.71. The van der Waals surface area contributed by atoms with Gasteiger partial charge in [0.15, 0.2) is 0 Å². The minimum absolute atomic E-state index is 0.0139. The summed E-state index contributed by atoms with van der Waals surface area (Å²) in [7, 11) is 0. The van der Waals surface area contributed by atoms with Gasteiger partial charge in [-0.05, 0) is 26.2 Å². The highest BCUT2D eigenvalue weighted by molar-refractivity contribution is 5.78. The van der Waals surface area contributed by atoms with Crippen molar-refractivity contribution in [3.63, 3.8) is 0 Å². The Morgan fingerprint density at radius 2 is 2.24 bits per heavy atom. The van der Waals surface area contributed by atoms with Crippen molar-refractivity contribution in [2.24, 2.45) is 5.92 Å². The molecule has 1 aromatic rings. The normalized spacial score (nSPS) is 24.2. The highest BCUT2D eigenvalue weighted by Gasteiger charge is 2.34. The van der Waals surface area contributed by atoms with Crippen LogP contribution in [0, 0.1) is 12.8 Å². The van der Waals surface area contributed by atoms with Crippen molar-refractivity contribution in [3.05, 3.63) is 17.5 Å². The molecule has 1 aromatic heterocycles. The van der Waals surface area contributed by atoms with Crippen LogP contribution in [0.1, 0.15) is 43.6 Å². The Bertz CT molecular complexity index is 615. The maximum atomic E-state index is 12.4. The average molecular weight is 349 g/mol. The van der Waals surface area contributed by atoms with E-state index < -0.39 is 6.10 Å². The third-order valence-corrected chi connectivity index (χ3v) is 5.14. The second kappa shape index (κ2) is 7.99. The van der Waals surface area contributed by atoms with Gasteiger partial charge in [-0.1, -0.05) is 5.16 Å². The first-order valence-electron chi connectivity index (χ1n) is 9.18. The van der Waals surface area contributed by atoms with Crippen molar-refractivity contribution in [1.29, 1.82) is 0 Å². The zero-order valence-corrected chi connectivity index (χ0v) is 14.8. The first-order chi connectivity index (χ1) is 12.0. The summed E-state index contributed by atoms with van der Waals surface area (Å²) in [6.45, 7) is 4.25. The molecule has 0 unspecified atom stereocenters. The van der Waals surface area contributed by atoms with E-state index in [0.717, 1.165) is 30.8 Å². The minimum atomic E-state index is -0.530. The van der Waals surface area contributed by atoms with E-state index in [1.165, 1.54) is 0 Å². The third kappa shape index (κ3) is 4.60. The van der Waals surface area contributed by atoms with Crippen LogP contribution < -0.4 is 0 Å². The molecule has 0 saturated carbocycles. The van der Waals surface area contributed by atoms with Crippen LogP contribution in [0.3, 0.4) is 0 Å². The third-order valence-electron chi connectivity index (χ3n) is 5.14. The van der Waals surface area contributed by atoms with Crippen LogP contribution in [0.5, 0.6) is 0 Å². The summed E-state index contributed by atoms with van der Waals surface area (Å²) >= 11 is 0. The quantitative estimate of drug-likeness (QED) is 0.832. The molecule has 25 heavy (non-hydrogen) atoms. The largest absolute Gasteiger partial charge is 0.391 e. The molecule has 3 heterocycles. The van der Waals surface area contributed by atoms with E-state index in [2.05, 4.69) is 5.16 Å². The van der Waals surface area contributed by atoms with Crippen molar-refractivity contribution in [1.82, 2.24) is 15.0 Å². The van der Waals surface area contributed by atoms with Crippen LogP contribution in [0.25, 0.3) is 0 Å². The van der Waals surface area contributed by atoms with Gasteiger partial charge >= 0.3 is 0 Å². The Morgan fingerprint density at radius 1 is 1.40 bits per heavy atom. The summed E-state index contributed by atoms with van der Waals surface area (Å²) in [4.78, 5) is 27.8. The maximum absolute atomic E-state index is 12.4. The van der Waals surface area contributed by atoms with E-state index in [1.54, 1.807) is 4.90 Å². The van der Waals surface area contributed by atoms with E-state index in [1.807, 2.05) is 17.9 Å². The lowest BCUT2D eigenvalue weighted by molar-refractivity contribution is -0.135. The average Bonchev–Trinajstić information content (AvgIpc) is 3.16. The highest BCUT2D eigenvalue weighted by Crippen LogP contribution is 2.23. The van der Waals surface area contributed by atoms with E-state index in [4.69, 9.17) is 4.52 Å². The molecule has 2 aliphatic heterocycles. The maximum Gasteiger partial charge on any atom is 0.222 e. The summed E-state index contributed by atoms with van der Waals surface area (Å²) in [5.74, 6) is 0.997. The van der Waals surface area contributed by atoms with Gasteiger partial charge in [-0.25, -0.2) is 0 Å². The number of carbonyl (C=O) groups excluding carboxylic acids is 2. The smallest absolute Gasteiger partial charge is 0.222 e. The van der Waals surface area contributed by atoms with Gasteiger partial charge in [-0.15, -0.1) is 0 Å². The van der Waals surface area contributed by atoms with Gasteiger partial charge in [0.05, 0.1) is 11.8 Å². The Labute approximate surface area is 147 Å². The van der Waals surface area contributed by atoms with Crippen molar-refractivity contribution >= 4 is 11.8 Å². The summed E-state index contributed by atoms with van der Waals surface area (Å²) < 4.78 is 5.21. The second-order valence-corrected chi connectivity index (χ2v) is 7.21. The van der Waals surface area contributed by atoms with Gasteiger partial charge in [0, 0.05) is 57.4 Å². The molecule has 2 atom stereocenters. The lowest BCUT2D eigenvalue weighted by atomic mass is 10.0. The predicted molar refractivity (Wildman–Crippen MR) is 90.7 cm³/mol. The van der Waals surface area contributed by atoms with Gasteiger partial charge in [-0.2, -0.15) is 0 Å². The zero-order chi connectivity index (χ0) is 17.8. The molecule has 0 aromatic carbocycles. The van der Waals surface area contributed by atoms with Gasteiger partial charge in [0.2, 0.25) is 11.8 Å². The summed E-state index contributed by atoms with van der Waals surface area (Å²) in [5.41, 5.74) is 0.822. The Morgan fingerprint density at radius 3 is 2.96 bits per heavy atom.